The molecule has 1 atom stereocenters. The maximum Gasteiger partial charge on any atom is 0.239 e. The van der Waals surface area contributed by atoms with Gasteiger partial charge >= 0.3 is 0 Å². The molecule has 0 aliphatic carbocycles. The molecule has 2 rings (SSSR count). The largest absolute Gasteiger partial charge is 0.347 e. The van der Waals surface area contributed by atoms with Crippen molar-refractivity contribution in [3.05, 3.63) is 29.3 Å². The number of hydrogen-bond donors (Lipinski definition) is 1. The highest BCUT2D eigenvalue weighted by atomic mass is 35.5. The van der Waals surface area contributed by atoms with Crippen LogP contribution in [0.1, 0.15) is 12.8 Å². The normalized spacial score (nSPS) is 18.5. The van der Waals surface area contributed by atoms with E-state index in [-0.39, 0.29) is 24.4 Å². The lowest BCUT2D eigenvalue weighted by Crippen LogP contribution is -2.45. The van der Waals surface area contributed by atoms with Gasteiger partial charge in [-0.2, -0.15) is 0 Å². The Morgan fingerprint density at radius 1 is 1.43 bits per heavy atom. The maximum atomic E-state index is 12.1. The molecule has 2 amide bonds. The number of carbonyl (C=O) groups excluding carboxylic acids is 2. The van der Waals surface area contributed by atoms with Crippen molar-refractivity contribution in [1.29, 1.82) is 0 Å². The summed E-state index contributed by atoms with van der Waals surface area (Å²) in [7, 11) is 3.48. The Bertz CT molecular complexity index is 533. The average molecular weight is 310 g/mol. The number of amides is 2. The number of likely N-dealkylation sites (N-methyl/N-ethyl adjacent to an activating group) is 1. The molecule has 1 aromatic rings. The Morgan fingerprint density at radius 3 is 2.86 bits per heavy atom. The van der Waals surface area contributed by atoms with E-state index >= 15 is 0 Å². The van der Waals surface area contributed by atoms with E-state index in [1.54, 1.807) is 43.3 Å². The van der Waals surface area contributed by atoms with Crippen LogP contribution in [0.5, 0.6) is 0 Å². The molecule has 0 spiro atoms. The zero-order valence-electron chi connectivity index (χ0n) is 12.3. The topological polar surface area (TPSA) is 52.7 Å². The number of carbonyl (C=O) groups is 2. The van der Waals surface area contributed by atoms with E-state index in [1.165, 1.54) is 0 Å². The number of benzene rings is 1. The van der Waals surface area contributed by atoms with Crippen LogP contribution in [0.3, 0.4) is 0 Å². The van der Waals surface area contributed by atoms with Gasteiger partial charge in [-0.05, 0) is 37.6 Å². The smallest absolute Gasteiger partial charge is 0.239 e. The van der Waals surface area contributed by atoms with Crippen LogP contribution in [0, 0.1) is 0 Å². The van der Waals surface area contributed by atoms with E-state index < -0.39 is 0 Å². The van der Waals surface area contributed by atoms with Crippen LogP contribution < -0.4 is 5.32 Å². The van der Waals surface area contributed by atoms with Gasteiger partial charge in [0.05, 0.1) is 12.6 Å². The minimum absolute atomic E-state index is 0.0584. The Labute approximate surface area is 129 Å². The molecule has 0 aromatic heterocycles. The number of likely N-dealkylation sites (tertiary alicyclic amines) is 1. The standard InChI is InChI=1S/C15H20ClN3O2/c1-18(2)15(21)13-7-4-8-19(13)10-14(20)17-12-6-3-5-11(16)9-12/h3,5-6,9,13H,4,7-8,10H2,1-2H3,(H,17,20). The highest BCUT2D eigenvalue weighted by Gasteiger charge is 2.32. The number of rotatable bonds is 4. The molecule has 1 unspecified atom stereocenters. The molecule has 1 heterocycles. The molecule has 0 saturated carbocycles. The van der Waals surface area contributed by atoms with Crippen LogP contribution in [0.4, 0.5) is 5.69 Å². The maximum absolute atomic E-state index is 12.1. The zero-order valence-corrected chi connectivity index (χ0v) is 13.1. The van der Waals surface area contributed by atoms with Crippen molar-refractivity contribution < 1.29 is 9.59 Å². The molecule has 21 heavy (non-hydrogen) atoms. The van der Waals surface area contributed by atoms with Gasteiger partial charge in [-0.15, -0.1) is 0 Å². The van der Waals surface area contributed by atoms with Gasteiger partial charge in [0.2, 0.25) is 11.8 Å². The van der Waals surface area contributed by atoms with Gasteiger partial charge in [-0.3, -0.25) is 14.5 Å². The van der Waals surface area contributed by atoms with E-state index in [0.29, 0.717) is 10.7 Å². The summed E-state index contributed by atoms with van der Waals surface area (Å²) in [5.74, 6) is -0.0706. The van der Waals surface area contributed by atoms with Crippen molar-refractivity contribution in [2.24, 2.45) is 0 Å². The molecule has 1 N–H and O–H groups in total. The molecule has 6 heteroatoms. The van der Waals surface area contributed by atoms with Crippen molar-refractivity contribution in [1.82, 2.24) is 9.80 Å². The molecule has 5 nitrogen and oxygen atoms in total. The fourth-order valence-corrected chi connectivity index (χ4v) is 2.73. The van der Waals surface area contributed by atoms with Crippen molar-refractivity contribution in [2.45, 2.75) is 18.9 Å². The Kier molecular flexibility index (Phi) is 5.20. The SMILES string of the molecule is CN(C)C(=O)C1CCCN1CC(=O)Nc1cccc(Cl)c1. The molecular weight excluding hydrogens is 290 g/mol. The molecule has 1 aliphatic heterocycles. The predicted molar refractivity (Wildman–Crippen MR) is 83.4 cm³/mol. The van der Waals surface area contributed by atoms with Gasteiger partial charge in [0, 0.05) is 24.8 Å². The summed E-state index contributed by atoms with van der Waals surface area (Å²) < 4.78 is 0. The van der Waals surface area contributed by atoms with Crippen molar-refractivity contribution >= 4 is 29.1 Å². The summed E-state index contributed by atoms with van der Waals surface area (Å²) in [5.41, 5.74) is 0.669. The third-order valence-corrected chi connectivity index (χ3v) is 3.78. The Morgan fingerprint density at radius 2 is 2.19 bits per heavy atom. The minimum atomic E-state index is -0.190. The van der Waals surface area contributed by atoms with Crippen LogP contribution in [-0.4, -0.2) is 54.8 Å². The van der Waals surface area contributed by atoms with Gasteiger partial charge in [-0.25, -0.2) is 0 Å². The molecule has 1 aliphatic rings. The first-order chi connectivity index (χ1) is 9.97. The van der Waals surface area contributed by atoms with Gasteiger partial charge in [0.1, 0.15) is 0 Å². The van der Waals surface area contributed by atoms with E-state index in [1.807, 2.05) is 4.90 Å². The number of hydrogen-bond acceptors (Lipinski definition) is 3. The highest BCUT2D eigenvalue weighted by Crippen LogP contribution is 2.19. The number of halogens is 1. The lowest BCUT2D eigenvalue weighted by atomic mass is 10.2. The van der Waals surface area contributed by atoms with Gasteiger partial charge < -0.3 is 10.2 Å². The number of anilines is 1. The molecule has 1 fully saturated rings. The van der Waals surface area contributed by atoms with E-state index in [0.717, 1.165) is 19.4 Å². The van der Waals surface area contributed by atoms with Crippen LogP contribution in [0.2, 0.25) is 5.02 Å². The van der Waals surface area contributed by atoms with Crippen molar-refractivity contribution in [2.75, 3.05) is 32.5 Å². The first-order valence-electron chi connectivity index (χ1n) is 6.98. The van der Waals surface area contributed by atoms with Gasteiger partial charge in [-0.1, -0.05) is 17.7 Å². The quantitative estimate of drug-likeness (QED) is 0.923. The summed E-state index contributed by atoms with van der Waals surface area (Å²) in [6.07, 6.45) is 1.75. The molecular formula is C15H20ClN3O2. The van der Waals surface area contributed by atoms with Crippen LogP contribution in [-0.2, 0) is 9.59 Å². The molecule has 0 bridgehead atoms. The lowest BCUT2D eigenvalue weighted by Gasteiger charge is -2.25. The summed E-state index contributed by atoms with van der Waals surface area (Å²) in [6, 6.07) is 6.84. The lowest BCUT2D eigenvalue weighted by molar-refractivity contribution is -0.133. The summed E-state index contributed by atoms with van der Waals surface area (Å²) in [4.78, 5) is 27.7. The highest BCUT2D eigenvalue weighted by molar-refractivity contribution is 6.30. The fourth-order valence-electron chi connectivity index (χ4n) is 2.54. The molecule has 114 valence electrons. The third-order valence-electron chi connectivity index (χ3n) is 3.54. The van der Waals surface area contributed by atoms with Gasteiger partial charge in [0.15, 0.2) is 0 Å². The van der Waals surface area contributed by atoms with E-state index in [4.69, 9.17) is 11.6 Å². The second-order valence-electron chi connectivity index (χ2n) is 5.42. The Hall–Kier alpha value is -1.59. The number of nitrogens with zero attached hydrogens (tertiary/aromatic N) is 2. The summed E-state index contributed by atoms with van der Waals surface area (Å²) in [6.45, 7) is 0.990. The molecule has 1 aromatic carbocycles. The first kappa shape index (κ1) is 15.8. The molecule has 0 radical (unpaired) electrons. The zero-order chi connectivity index (χ0) is 15.4. The van der Waals surface area contributed by atoms with Crippen LogP contribution >= 0.6 is 11.6 Å². The number of nitrogens with one attached hydrogen (secondary N) is 1. The fraction of sp³-hybridized carbons (Fsp3) is 0.467. The van der Waals surface area contributed by atoms with Gasteiger partial charge in [0.25, 0.3) is 0 Å². The van der Waals surface area contributed by atoms with Crippen LogP contribution in [0.15, 0.2) is 24.3 Å². The summed E-state index contributed by atoms with van der Waals surface area (Å²) in [5, 5.41) is 3.39. The second-order valence-corrected chi connectivity index (χ2v) is 5.86. The van der Waals surface area contributed by atoms with Crippen LogP contribution in [0.25, 0.3) is 0 Å². The summed E-state index contributed by atoms with van der Waals surface area (Å²) >= 11 is 5.89. The molecule has 1 saturated heterocycles. The monoisotopic (exact) mass is 309 g/mol. The Balaban J connectivity index is 1.94. The third kappa shape index (κ3) is 4.19. The second kappa shape index (κ2) is 6.91. The average Bonchev–Trinajstić information content (AvgIpc) is 2.85. The first-order valence-corrected chi connectivity index (χ1v) is 7.36. The predicted octanol–water partition coefficient (Wildman–Crippen LogP) is 1.83. The van der Waals surface area contributed by atoms with E-state index in [2.05, 4.69) is 5.32 Å². The van der Waals surface area contributed by atoms with Crippen molar-refractivity contribution in [3.8, 4) is 0 Å². The minimum Gasteiger partial charge on any atom is -0.347 e. The van der Waals surface area contributed by atoms with Crippen molar-refractivity contribution in [3.63, 3.8) is 0 Å². The van der Waals surface area contributed by atoms with E-state index in [9.17, 15) is 9.59 Å².